The molecule has 0 saturated heterocycles. The molecular weight excluding hydrogens is 289 g/mol. The second-order valence-electron chi connectivity index (χ2n) is 4.23. The lowest BCUT2D eigenvalue weighted by Crippen LogP contribution is -2.35. The van der Waals surface area contributed by atoms with Crippen LogP contribution in [0.15, 0.2) is 18.2 Å². The van der Waals surface area contributed by atoms with Crippen molar-refractivity contribution in [1.29, 1.82) is 0 Å². The zero-order chi connectivity index (χ0) is 14.4. The minimum Gasteiger partial charge on any atom is -0.481 e. The number of rotatable bonds is 6. The third-order valence-corrected chi connectivity index (χ3v) is 3.33. The molecule has 0 bridgehead atoms. The fraction of sp³-hybridized carbons (Fsp3) is 0.385. The molecule has 0 heterocycles. The molecule has 1 atom stereocenters. The Hall–Kier alpha value is -1.26. The van der Waals surface area contributed by atoms with Crippen LogP contribution < -0.4 is 5.32 Å². The first-order chi connectivity index (χ1) is 8.90. The number of hydrogen-bond donors (Lipinski definition) is 2. The van der Waals surface area contributed by atoms with Gasteiger partial charge < -0.3 is 10.4 Å². The number of carboxylic acid groups (broad SMARTS) is 1. The maximum atomic E-state index is 11.1. The molecule has 0 aliphatic carbocycles. The van der Waals surface area contributed by atoms with Gasteiger partial charge in [0.05, 0.1) is 0 Å². The molecule has 6 heteroatoms. The second-order valence-corrected chi connectivity index (χ2v) is 5.05. The normalized spacial score (nSPS) is 11.9. The fourth-order valence-corrected chi connectivity index (χ4v) is 2.34. The molecule has 1 rings (SSSR count). The Bertz CT molecular complexity index is 457. The van der Waals surface area contributed by atoms with Gasteiger partial charge in [0.15, 0.2) is 0 Å². The van der Waals surface area contributed by atoms with Gasteiger partial charge in [0, 0.05) is 29.4 Å². The molecule has 0 radical (unpaired) electrons. The number of aliphatic carboxylic acids is 1. The van der Waals surface area contributed by atoms with Gasteiger partial charge in [0.25, 0.3) is 0 Å². The van der Waals surface area contributed by atoms with E-state index in [0.717, 1.165) is 5.56 Å². The summed E-state index contributed by atoms with van der Waals surface area (Å²) in [7, 11) is 0. The molecule has 1 amide bonds. The van der Waals surface area contributed by atoms with Crippen molar-refractivity contribution < 1.29 is 14.7 Å². The smallest absolute Gasteiger partial charge is 0.303 e. The van der Waals surface area contributed by atoms with E-state index in [1.54, 1.807) is 18.2 Å². The van der Waals surface area contributed by atoms with E-state index in [9.17, 15) is 9.59 Å². The Morgan fingerprint density at radius 2 is 1.89 bits per heavy atom. The van der Waals surface area contributed by atoms with Crippen molar-refractivity contribution in [2.24, 2.45) is 0 Å². The lowest BCUT2D eigenvalue weighted by molar-refractivity contribution is -0.137. The van der Waals surface area contributed by atoms with Crippen LogP contribution in [0.25, 0.3) is 0 Å². The van der Waals surface area contributed by atoms with E-state index < -0.39 is 5.97 Å². The van der Waals surface area contributed by atoms with Crippen molar-refractivity contribution >= 4 is 35.1 Å². The van der Waals surface area contributed by atoms with Gasteiger partial charge in [-0.1, -0.05) is 29.3 Å². The zero-order valence-corrected chi connectivity index (χ0v) is 12.0. The van der Waals surface area contributed by atoms with Crippen LogP contribution in [0.2, 0.25) is 10.0 Å². The Labute approximate surface area is 121 Å². The largest absolute Gasteiger partial charge is 0.481 e. The van der Waals surface area contributed by atoms with Crippen molar-refractivity contribution in [2.45, 2.75) is 32.2 Å². The first-order valence-electron chi connectivity index (χ1n) is 5.82. The van der Waals surface area contributed by atoms with Crippen LogP contribution in [-0.2, 0) is 16.0 Å². The number of carbonyl (C=O) groups is 2. The molecule has 1 unspecified atom stereocenters. The van der Waals surface area contributed by atoms with Gasteiger partial charge in [0.1, 0.15) is 0 Å². The Morgan fingerprint density at radius 1 is 1.32 bits per heavy atom. The topological polar surface area (TPSA) is 66.4 Å². The Kier molecular flexibility index (Phi) is 6.12. The maximum Gasteiger partial charge on any atom is 0.303 e. The van der Waals surface area contributed by atoms with E-state index in [1.807, 2.05) is 0 Å². The second kappa shape index (κ2) is 7.36. The molecule has 2 N–H and O–H groups in total. The number of amides is 1. The predicted octanol–water partition coefficient (Wildman–Crippen LogP) is 2.91. The zero-order valence-electron chi connectivity index (χ0n) is 10.5. The highest BCUT2D eigenvalue weighted by Crippen LogP contribution is 2.26. The number of hydrogen-bond acceptors (Lipinski definition) is 2. The third-order valence-electron chi connectivity index (χ3n) is 2.63. The van der Waals surface area contributed by atoms with E-state index in [0.29, 0.717) is 22.9 Å². The first-order valence-corrected chi connectivity index (χ1v) is 6.57. The summed E-state index contributed by atoms with van der Waals surface area (Å²) in [5.41, 5.74) is 0.718. The minimum absolute atomic E-state index is 0.0208. The molecule has 4 nitrogen and oxygen atoms in total. The molecule has 19 heavy (non-hydrogen) atoms. The molecule has 1 aromatic rings. The summed E-state index contributed by atoms with van der Waals surface area (Å²) in [6, 6.07) is 4.86. The van der Waals surface area contributed by atoms with Crippen LogP contribution in [0.3, 0.4) is 0 Å². The number of benzene rings is 1. The standard InChI is InChI=1S/C13H15Cl2NO3/c1-8(17)16-9(5-6-13(18)19)7-10-11(14)3-2-4-12(10)15/h2-4,9H,5-7H2,1H3,(H,16,17)(H,18,19). The summed E-state index contributed by atoms with van der Waals surface area (Å²) < 4.78 is 0. The summed E-state index contributed by atoms with van der Waals surface area (Å²) in [5, 5.41) is 12.4. The molecule has 0 fully saturated rings. The van der Waals surface area contributed by atoms with Crippen LogP contribution in [0.4, 0.5) is 0 Å². The van der Waals surface area contributed by atoms with E-state index in [2.05, 4.69) is 5.32 Å². The van der Waals surface area contributed by atoms with Crippen molar-refractivity contribution in [2.75, 3.05) is 0 Å². The average Bonchev–Trinajstić information content (AvgIpc) is 2.30. The highest BCUT2D eigenvalue weighted by atomic mass is 35.5. The summed E-state index contributed by atoms with van der Waals surface area (Å²) in [6.07, 6.45) is 0.717. The van der Waals surface area contributed by atoms with Crippen molar-refractivity contribution in [3.8, 4) is 0 Å². The van der Waals surface area contributed by atoms with Crippen LogP contribution in [0.1, 0.15) is 25.3 Å². The van der Waals surface area contributed by atoms with Crippen molar-refractivity contribution in [1.82, 2.24) is 5.32 Å². The highest BCUT2D eigenvalue weighted by Gasteiger charge is 2.16. The van der Waals surface area contributed by atoms with E-state index in [4.69, 9.17) is 28.3 Å². The SMILES string of the molecule is CC(=O)NC(CCC(=O)O)Cc1c(Cl)cccc1Cl. The van der Waals surface area contributed by atoms with E-state index in [1.165, 1.54) is 6.92 Å². The number of carbonyl (C=O) groups excluding carboxylic acids is 1. The molecule has 104 valence electrons. The minimum atomic E-state index is -0.902. The van der Waals surface area contributed by atoms with Crippen LogP contribution >= 0.6 is 23.2 Å². The van der Waals surface area contributed by atoms with Gasteiger partial charge in [-0.05, 0) is 30.5 Å². The predicted molar refractivity (Wildman–Crippen MR) is 74.6 cm³/mol. The number of carboxylic acids is 1. The van der Waals surface area contributed by atoms with E-state index in [-0.39, 0.29) is 18.4 Å². The third kappa shape index (κ3) is 5.49. The number of halogens is 2. The van der Waals surface area contributed by atoms with Gasteiger partial charge in [-0.25, -0.2) is 0 Å². The lowest BCUT2D eigenvalue weighted by Gasteiger charge is -2.18. The van der Waals surface area contributed by atoms with Gasteiger partial charge in [0.2, 0.25) is 5.91 Å². The molecule has 0 aliphatic rings. The van der Waals surface area contributed by atoms with Gasteiger partial charge in [-0.15, -0.1) is 0 Å². The molecular formula is C13H15Cl2NO3. The molecule has 0 saturated carbocycles. The molecule has 0 aliphatic heterocycles. The van der Waals surface area contributed by atoms with Crippen LogP contribution in [0.5, 0.6) is 0 Å². The fourth-order valence-electron chi connectivity index (χ4n) is 1.78. The summed E-state index contributed by atoms with van der Waals surface area (Å²) in [5.74, 6) is -1.11. The molecule has 0 aromatic heterocycles. The van der Waals surface area contributed by atoms with Gasteiger partial charge in [-0.2, -0.15) is 0 Å². The monoisotopic (exact) mass is 303 g/mol. The summed E-state index contributed by atoms with van der Waals surface area (Å²) in [6.45, 7) is 1.39. The molecule has 0 spiro atoms. The van der Waals surface area contributed by atoms with Crippen molar-refractivity contribution in [3.63, 3.8) is 0 Å². The Morgan fingerprint density at radius 3 is 2.37 bits per heavy atom. The van der Waals surface area contributed by atoms with Gasteiger partial charge in [-0.3, -0.25) is 9.59 Å². The lowest BCUT2D eigenvalue weighted by atomic mass is 10.0. The van der Waals surface area contributed by atoms with Gasteiger partial charge >= 0.3 is 5.97 Å². The average molecular weight is 304 g/mol. The number of nitrogens with one attached hydrogen (secondary N) is 1. The quantitative estimate of drug-likeness (QED) is 0.849. The van der Waals surface area contributed by atoms with E-state index >= 15 is 0 Å². The summed E-state index contributed by atoms with van der Waals surface area (Å²) in [4.78, 5) is 21.7. The van der Waals surface area contributed by atoms with Crippen LogP contribution in [-0.4, -0.2) is 23.0 Å². The Balaban J connectivity index is 2.81. The first kappa shape index (κ1) is 15.8. The molecule has 1 aromatic carbocycles. The van der Waals surface area contributed by atoms with Crippen LogP contribution in [0, 0.1) is 0 Å². The van der Waals surface area contributed by atoms with Crippen molar-refractivity contribution in [3.05, 3.63) is 33.8 Å². The highest BCUT2D eigenvalue weighted by molar-refractivity contribution is 6.36. The maximum absolute atomic E-state index is 11.1. The summed E-state index contributed by atoms with van der Waals surface area (Å²) >= 11 is 12.1.